The van der Waals surface area contributed by atoms with Gasteiger partial charge in [0.1, 0.15) is 24.2 Å². The van der Waals surface area contributed by atoms with Gasteiger partial charge in [-0.3, -0.25) is 0 Å². The van der Waals surface area contributed by atoms with E-state index in [1.165, 1.54) is 0 Å². The number of aryl methyl sites for hydroxylation is 1. The highest BCUT2D eigenvalue weighted by atomic mass is 16.5. The summed E-state index contributed by atoms with van der Waals surface area (Å²) >= 11 is 0. The third kappa shape index (κ3) is 7.08. The summed E-state index contributed by atoms with van der Waals surface area (Å²) in [5.41, 5.74) is 3.51. The molecule has 0 fully saturated rings. The average Bonchev–Trinajstić information content (AvgIpc) is 2.82. The number of allylic oxidation sites excluding steroid dienone is 2. The molecule has 0 spiro atoms. The molecule has 0 bridgehead atoms. The second-order valence-corrected chi connectivity index (χ2v) is 8.87. The molecule has 0 saturated carbocycles. The van der Waals surface area contributed by atoms with Crippen LogP contribution < -0.4 is 4.74 Å². The summed E-state index contributed by atoms with van der Waals surface area (Å²) in [5.74, 6) is 0.880. The minimum Gasteiger partial charge on any atom is -0.493 e. The van der Waals surface area contributed by atoms with E-state index in [0.717, 1.165) is 41.7 Å². The first-order valence-corrected chi connectivity index (χ1v) is 12.1. The van der Waals surface area contributed by atoms with Crippen LogP contribution in [0.2, 0.25) is 0 Å². The zero-order chi connectivity index (χ0) is 24.5. The molecule has 1 heterocycles. The minimum atomic E-state index is -0.546. The first-order valence-electron chi connectivity index (χ1n) is 12.1. The molecule has 2 N–H and O–H groups in total. The van der Waals surface area contributed by atoms with Gasteiger partial charge >= 0.3 is 5.97 Å². The molecular weight excluding hydrogens is 432 g/mol. The van der Waals surface area contributed by atoms with Crippen molar-refractivity contribution < 1.29 is 29.2 Å². The molecule has 0 saturated heterocycles. The molecule has 6 heteroatoms. The lowest BCUT2D eigenvalue weighted by molar-refractivity contribution is -0.141. The largest absolute Gasteiger partial charge is 0.493 e. The number of esters is 1. The smallest absolute Gasteiger partial charge is 0.339 e. The van der Waals surface area contributed by atoms with E-state index in [4.69, 9.17) is 19.3 Å². The number of hydrogen-bond donors (Lipinski definition) is 2. The highest BCUT2D eigenvalue weighted by molar-refractivity contribution is 6.17. The van der Waals surface area contributed by atoms with Crippen LogP contribution >= 0.6 is 0 Å². The lowest BCUT2D eigenvalue weighted by atomic mass is 9.88. The highest BCUT2D eigenvalue weighted by Crippen LogP contribution is 2.34. The Labute approximate surface area is 202 Å². The first-order chi connectivity index (χ1) is 16.4. The predicted molar refractivity (Wildman–Crippen MR) is 132 cm³/mol. The van der Waals surface area contributed by atoms with Crippen molar-refractivity contribution >= 4 is 11.5 Å². The van der Waals surface area contributed by atoms with Gasteiger partial charge in [0.15, 0.2) is 0 Å². The predicted octanol–water partition coefficient (Wildman–Crippen LogP) is 4.51. The number of hydrogen-bond acceptors (Lipinski definition) is 6. The van der Waals surface area contributed by atoms with Crippen LogP contribution in [0.4, 0.5) is 0 Å². The zero-order valence-electron chi connectivity index (χ0n) is 20.2. The summed E-state index contributed by atoms with van der Waals surface area (Å²) in [7, 11) is 0. The lowest BCUT2D eigenvalue weighted by Gasteiger charge is -2.29. The normalized spacial score (nSPS) is 20.1. The van der Waals surface area contributed by atoms with Crippen LogP contribution in [-0.4, -0.2) is 48.2 Å². The summed E-state index contributed by atoms with van der Waals surface area (Å²) in [6.07, 6.45) is 10.4. The molecule has 3 atom stereocenters. The molecule has 1 aromatic carbocycles. The Morgan fingerprint density at radius 3 is 2.79 bits per heavy atom. The van der Waals surface area contributed by atoms with Crippen LogP contribution in [-0.2, 0) is 20.7 Å². The van der Waals surface area contributed by atoms with E-state index in [0.29, 0.717) is 30.8 Å². The van der Waals surface area contributed by atoms with E-state index in [2.05, 4.69) is 6.58 Å². The third-order valence-electron chi connectivity index (χ3n) is 5.92. The Morgan fingerprint density at radius 2 is 2.06 bits per heavy atom. The summed E-state index contributed by atoms with van der Waals surface area (Å²) in [5, 5.41) is 19.1. The molecule has 0 radical (unpaired) electrons. The molecule has 3 rings (SSSR count). The number of aliphatic hydroxyl groups is 2. The Morgan fingerprint density at radius 1 is 1.24 bits per heavy atom. The van der Waals surface area contributed by atoms with Crippen molar-refractivity contribution in [3.63, 3.8) is 0 Å². The topological polar surface area (TPSA) is 85.2 Å². The molecule has 1 aliphatic heterocycles. The van der Waals surface area contributed by atoms with Gasteiger partial charge in [0.25, 0.3) is 0 Å². The van der Waals surface area contributed by atoms with Gasteiger partial charge in [0, 0.05) is 18.9 Å². The Hall–Kier alpha value is -2.83. The van der Waals surface area contributed by atoms with E-state index >= 15 is 0 Å². The summed E-state index contributed by atoms with van der Waals surface area (Å²) in [6.45, 7) is 8.63. The number of rotatable bonds is 13. The van der Waals surface area contributed by atoms with Crippen molar-refractivity contribution in [3.05, 3.63) is 71.5 Å². The zero-order valence-corrected chi connectivity index (χ0v) is 20.2. The molecule has 3 unspecified atom stereocenters. The van der Waals surface area contributed by atoms with Gasteiger partial charge in [-0.1, -0.05) is 30.7 Å². The minimum absolute atomic E-state index is 0.0780. The van der Waals surface area contributed by atoms with Crippen LogP contribution in [0.3, 0.4) is 0 Å². The van der Waals surface area contributed by atoms with Gasteiger partial charge in [0.05, 0.1) is 18.3 Å². The molecule has 184 valence electrons. The fourth-order valence-corrected chi connectivity index (χ4v) is 4.04. The van der Waals surface area contributed by atoms with E-state index in [1.54, 1.807) is 6.08 Å². The highest BCUT2D eigenvalue weighted by Gasteiger charge is 2.32. The maximum absolute atomic E-state index is 12.9. The van der Waals surface area contributed by atoms with Crippen LogP contribution in [0.25, 0.3) is 5.57 Å². The molecule has 1 aromatic rings. The van der Waals surface area contributed by atoms with Gasteiger partial charge in [-0.15, -0.1) is 6.58 Å². The quantitative estimate of drug-likeness (QED) is 0.252. The van der Waals surface area contributed by atoms with Crippen molar-refractivity contribution in [2.24, 2.45) is 5.92 Å². The number of aliphatic hydroxyl groups excluding tert-OH is 2. The number of carbonyl (C=O) groups is 1. The van der Waals surface area contributed by atoms with Crippen LogP contribution in [0.15, 0.2) is 60.4 Å². The maximum atomic E-state index is 12.9. The van der Waals surface area contributed by atoms with Gasteiger partial charge < -0.3 is 24.4 Å². The Balaban J connectivity index is 1.64. The van der Waals surface area contributed by atoms with Crippen molar-refractivity contribution in [1.82, 2.24) is 0 Å². The van der Waals surface area contributed by atoms with E-state index in [1.807, 2.05) is 50.3 Å². The first kappa shape index (κ1) is 25.8. The fraction of sp³-hybridized carbons (Fsp3) is 0.464. The number of carbonyl (C=O) groups excluding carboxylic acids is 1. The van der Waals surface area contributed by atoms with Crippen LogP contribution in [0.5, 0.6) is 5.75 Å². The average molecular weight is 469 g/mol. The van der Waals surface area contributed by atoms with E-state index in [-0.39, 0.29) is 25.1 Å². The monoisotopic (exact) mass is 468 g/mol. The van der Waals surface area contributed by atoms with Gasteiger partial charge in [-0.25, -0.2) is 4.79 Å². The van der Waals surface area contributed by atoms with Crippen molar-refractivity contribution in [3.8, 4) is 5.75 Å². The van der Waals surface area contributed by atoms with E-state index < -0.39 is 12.2 Å². The van der Waals surface area contributed by atoms with Gasteiger partial charge in [-0.05, 0) is 68.0 Å². The number of fused-ring (bicyclic) bond motifs is 1. The third-order valence-corrected chi connectivity index (χ3v) is 5.92. The van der Waals surface area contributed by atoms with Crippen LogP contribution in [0, 0.1) is 5.92 Å². The summed E-state index contributed by atoms with van der Waals surface area (Å²) in [6, 6.07) is 5.68. The van der Waals surface area contributed by atoms with E-state index in [9.17, 15) is 9.90 Å². The molecule has 34 heavy (non-hydrogen) atoms. The van der Waals surface area contributed by atoms with Crippen molar-refractivity contribution in [1.29, 1.82) is 0 Å². The number of benzene rings is 1. The fourth-order valence-electron chi connectivity index (χ4n) is 4.04. The summed E-state index contributed by atoms with van der Waals surface area (Å²) < 4.78 is 17.2. The van der Waals surface area contributed by atoms with Crippen molar-refractivity contribution in [2.75, 3.05) is 19.8 Å². The molecule has 0 aromatic heterocycles. The lowest BCUT2D eigenvalue weighted by Crippen LogP contribution is -2.31. The molecule has 6 nitrogen and oxygen atoms in total. The van der Waals surface area contributed by atoms with Crippen LogP contribution in [0.1, 0.15) is 50.7 Å². The second kappa shape index (κ2) is 12.6. The standard InChI is InChI=1S/C28H36O6/c1-4-20-15-23(32-14-6-13-29)11-12-25(20)26-16-21-9-10-24(17-27(21)34-28(26)31)33-18-22(30)8-5-7-19(2)3/h9-12,15-17,21-22,27,29-30H,2,4-8,13-14,18H2,1,3H3. The molecule has 1 aliphatic carbocycles. The maximum Gasteiger partial charge on any atom is 0.339 e. The Bertz CT molecular complexity index is 958. The second-order valence-electron chi connectivity index (χ2n) is 8.87. The van der Waals surface area contributed by atoms with Gasteiger partial charge in [0.2, 0.25) is 0 Å². The Kier molecular flexibility index (Phi) is 9.54. The van der Waals surface area contributed by atoms with Gasteiger partial charge in [-0.2, -0.15) is 0 Å². The van der Waals surface area contributed by atoms with Crippen molar-refractivity contribution in [2.45, 2.75) is 58.2 Å². The molecule has 2 aliphatic rings. The molecule has 0 amide bonds. The summed E-state index contributed by atoms with van der Waals surface area (Å²) in [4.78, 5) is 12.9. The SMILES string of the molecule is C=C(C)CCCC(O)COC1=CC2OC(=O)C(c3ccc(OCCCO)cc3CC)=CC2C=C1. The molecular formula is C28H36O6. The number of ether oxygens (including phenoxy) is 3.